The van der Waals surface area contributed by atoms with Crippen LogP contribution in [0, 0.1) is 16.7 Å². The number of alkyl carbamates (subject to hydrolysis) is 1. The highest BCUT2D eigenvalue weighted by atomic mass is 16.6. The summed E-state index contributed by atoms with van der Waals surface area (Å²) in [6.45, 7) is 10.9. The van der Waals surface area contributed by atoms with Crippen LogP contribution < -0.4 is 5.32 Å². The van der Waals surface area contributed by atoms with Crippen molar-refractivity contribution in [1.29, 1.82) is 5.26 Å². The third-order valence-electron chi connectivity index (χ3n) is 7.94. The molecule has 2 saturated heterocycles. The predicted molar refractivity (Wildman–Crippen MR) is 151 cm³/mol. The van der Waals surface area contributed by atoms with Gasteiger partial charge in [-0.15, -0.1) is 0 Å². The molecule has 0 unspecified atom stereocenters. The molecule has 0 saturated carbocycles. The number of ether oxygens (including phenoxy) is 1. The molecular weight excluding hydrogens is 511 g/mol. The lowest BCUT2D eigenvalue weighted by molar-refractivity contribution is -0.129. The van der Waals surface area contributed by atoms with Crippen LogP contribution in [0.15, 0.2) is 46.6 Å². The molecule has 0 bridgehead atoms. The first-order valence-electron chi connectivity index (χ1n) is 13.8. The van der Waals surface area contributed by atoms with Gasteiger partial charge in [0, 0.05) is 24.0 Å². The van der Waals surface area contributed by atoms with Gasteiger partial charge in [0.25, 0.3) is 5.91 Å². The van der Waals surface area contributed by atoms with Crippen molar-refractivity contribution in [2.24, 2.45) is 5.41 Å². The molecule has 2 amide bonds. The average molecular weight is 550 g/mol. The van der Waals surface area contributed by atoms with E-state index in [1.165, 1.54) is 6.26 Å². The Bertz CT molecular complexity index is 1300. The zero-order valence-electron chi connectivity index (χ0n) is 23.7. The Hall–Kier alpha value is -3.33. The number of hydrogen-bond donors (Lipinski definition) is 3. The highest BCUT2D eigenvalue weighted by Crippen LogP contribution is 2.34. The molecule has 214 valence electrons. The van der Waals surface area contributed by atoms with Crippen LogP contribution in [0.5, 0.6) is 0 Å². The Kier molecular flexibility index (Phi) is 8.93. The second-order valence-electron chi connectivity index (χ2n) is 12.2. The number of nitrogens with one attached hydrogen (secondary N) is 1. The number of carbonyl (C=O) groups excluding carboxylic acids is 2. The Morgan fingerprint density at radius 3 is 2.75 bits per heavy atom. The van der Waals surface area contributed by atoms with Gasteiger partial charge in [0.15, 0.2) is 0 Å². The Morgan fingerprint density at radius 2 is 2.08 bits per heavy atom. The van der Waals surface area contributed by atoms with Crippen molar-refractivity contribution in [3.8, 4) is 6.07 Å². The lowest BCUT2D eigenvalue weighted by Crippen LogP contribution is -2.50. The summed E-state index contributed by atoms with van der Waals surface area (Å²) in [5.74, 6) is -1.40. The molecule has 1 aromatic heterocycles. The number of piperidine rings is 1. The molecule has 0 aliphatic carbocycles. The van der Waals surface area contributed by atoms with E-state index in [1.54, 1.807) is 11.0 Å². The summed E-state index contributed by atoms with van der Waals surface area (Å²) in [5, 5.41) is 33.0. The number of carbonyl (C=O) groups is 2. The minimum absolute atomic E-state index is 0.0793. The highest BCUT2D eigenvalue weighted by Gasteiger charge is 2.38. The second-order valence-corrected chi connectivity index (χ2v) is 12.2. The largest absolute Gasteiger partial charge is 0.475 e. The molecule has 0 radical (unpaired) electrons. The molecule has 2 fully saturated rings. The van der Waals surface area contributed by atoms with Gasteiger partial charge in [-0.3, -0.25) is 9.69 Å². The quantitative estimate of drug-likeness (QED) is 0.259. The van der Waals surface area contributed by atoms with Crippen LogP contribution in [0.4, 0.5) is 4.79 Å². The molecule has 3 heterocycles. The smallest absolute Gasteiger partial charge is 0.464 e. The van der Waals surface area contributed by atoms with Crippen molar-refractivity contribution in [1.82, 2.24) is 15.1 Å². The lowest BCUT2D eigenvalue weighted by Gasteiger charge is -2.35. The zero-order valence-corrected chi connectivity index (χ0v) is 23.7. The van der Waals surface area contributed by atoms with E-state index in [0.717, 1.165) is 30.5 Å². The van der Waals surface area contributed by atoms with Gasteiger partial charge in [-0.05, 0) is 69.2 Å². The number of furan rings is 1. The number of likely N-dealkylation sites (tertiary alicyclic amines) is 2. The Labute approximate surface area is 235 Å². The van der Waals surface area contributed by atoms with Gasteiger partial charge in [0.1, 0.15) is 23.3 Å². The highest BCUT2D eigenvalue weighted by molar-refractivity contribution is 6.43. The van der Waals surface area contributed by atoms with Crippen LogP contribution in [-0.2, 0) is 16.0 Å². The number of rotatable bonds is 8. The maximum atomic E-state index is 13.3. The standard InChI is InChI=1S/C29H39BN4O6/c1-28(2)11-13-34(19-28)29(3,4)15-21(16-31)26(35)33-12-7-8-22(17-33)40-27(36)32-25(30(37)38)14-20-18-39-24-10-6-5-9-23(20)24/h5-6,9-10,15,18,22,25,37-38H,7-8,11-14,17,19H2,1-4H3,(H,32,36)/t22-,25-/m0/s1. The number of nitriles is 1. The predicted octanol–water partition coefficient (Wildman–Crippen LogP) is 3.03. The summed E-state index contributed by atoms with van der Waals surface area (Å²) < 4.78 is 11.1. The lowest BCUT2D eigenvalue weighted by atomic mass is 9.76. The Balaban J connectivity index is 1.36. The van der Waals surface area contributed by atoms with Gasteiger partial charge < -0.3 is 29.4 Å². The van der Waals surface area contributed by atoms with E-state index in [-0.39, 0.29) is 29.9 Å². The van der Waals surface area contributed by atoms with Crippen LogP contribution in [0.2, 0.25) is 0 Å². The fourth-order valence-corrected chi connectivity index (χ4v) is 5.58. The molecule has 2 atom stereocenters. The molecule has 2 aromatic rings. The van der Waals surface area contributed by atoms with Gasteiger partial charge in [0.2, 0.25) is 0 Å². The molecule has 2 aliphatic heterocycles. The van der Waals surface area contributed by atoms with Crippen LogP contribution in [0.25, 0.3) is 11.0 Å². The number of benzene rings is 1. The maximum Gasteiger partial charge on any atom is 0.475 e. The SMILES string of the molecule is CC1(C)CCN(C(C)(C)C=C(C#N)C(=O)N2CCC[C@H](OC(=O)N[C@@H](Cc3coc4ccccc34)B(O)O)C2)C1. The molecule has 40 heavy (non-hydrogen) atoms. The summed E-state index contributed by atoms with van der Waals surface area (Å²) in [4.78, 5) is 29.9. The van der Waals surface area contributed by atoms with E-state index in [0.29, 0.717) is 25.0 Å². The van der Waals surface area contributed by atoms with E-state index >= 15 is 0 Å². The van der Waals surface area contributed by atoms with Crippen molar-refractivity contribution in [3.63, 3.8) is 0 Å². The first-order chi connectivity index (χ1) is 18.9. The minimum Gasteiger partial charge on any atom is -0.464 e. The van der Waals surface area contributed by atoms with E-state index in [9.17, 15) is 24.9 Å². The number of fused-ring (bicyclic) bond motifs is 1. The van der Waals surface area contributed by atoms with Crippen LogP contribution in [0.1, 0.15) is 52.5 Å². The van der Waals surface area contributed by atoms with Crippen molar-refractivity contribution < 1.29 is 28.8 Å². The van der Waals surface area contributed by atoms with Crippen LogP contribution in [-0.4, -0.2) is 82.7 Å². The summed E-state index contributed by atoms with van der Waals surface area (Å²) in [7, 11) is -1.82. The van der Waals surface area contributed by atoms with Gasteiger partial charge >= 0.3 is 13.2 Å². The van der Waals surface area contributed by atoms with E-state index < -0.39 is 30.8 Å². The second kappa shape index (κ2) is 12.0. The van der Waals surface area contributed by atoms with Gasteiger partial charge in [-0.1, -0.05) is 32.0 Å². The molecule has 10 nitrogen and oxygen atoms in total. The molecule has 2 aliphatic rings. The van der Waals surface area contributed by atoms with Crippen molar-refractivity contribution in [2.45, 2.75) is 71.0 Å². The average Bonchev–Trinajstić information content (AvgIpc) is 3.49. The summed E-state index contributed by atoms with van der Waals surface area (Å²) in [5.41, 5.74) is 1.20. The van der Waals surface area contributed by atoms with E-state index in [2.05, 4.69) is 30.1 Å². The fraction of sp³-hybridized carbons (Fsp3) is 0.552. The van der Waals surface area contributed by atoms with Gasteiger partial charge in [-0.2, -0.15) is 5.26 Å². The fourth-order valence-electron chi connectivity index (χ4n) is 5.58. The Morgan fingerprint density at radius 1 is 1.32 bits per heavy atom. The van der Waals surface area contributed by atoms with Gasteiger partial charge in [-0.25, -0.2) is 4.79 Å². The van der Waals surface area contributed by atoms with Crippen LogP contribution >= 0.6 is 0 Å². The number of para-hydroxylation sites is 1. The van der Waals surface area contributed by atoms with E-state index in [4.69, 9.17) is 9.15 Å². The summed E-state index contributed by atoms with van der Waals surface area (Å²) in [6.07, 6.45) is 4.23. The first-order valence-corrected chi connectivity index (χ1v) is 13.8. The molecule has 1 aromatic carbocycles. The third kappa shape index (κ3) is 7.05. The minimum atomic E-state index is -1.82. The molecular formula is C29H39BN4O6. The van der Waals surface area contributed by atoms with Crippen molar-refractivity contribution >= 4 is 30.1 Å². The number of hydrogen-bond acceptors (Lipinski definition) is 8. The topological polar surface area (TPSA) is 139 Å². The van der Waals surface area contributed by atoms with Crippen molar-refractivity contribution in [2.75, 3.05) is 26.2 Å². The molecule has 4 rings (SSSR count). The summed E-state index contributed by atoms with van der Waals surface area (Å²) in [6, 6.07) is 9.44. The number of nitrogens with zero attached hydrogens (tertiary/aromatic N) is 3. The molecule has 11 heteroatoms. The van der Waals surface area contributed by atoms with Crippen LogP contribution in [0.3, 0.4) is 0 Å². The first kappa shape index (κ1) is 29.7. The number of amides is 2. The monoisotopic (exact) mass is 550 g/mol. The molecule has 3 N–H and O–H groups in total. The molecule has 0 spiro atoms. The third-order valence-corrected chi connectivity index (χ3v) is 7.94. The van der Waals surface area contributed by atoms with Crippen molar-refractivity contribution in [3.05, 3.63) is 47.7 Å². The van der Waals surface area contributed by atoms with Gasteiger partial charge in [0.05, 0.1) is 18.7 Å². The zero-order chi connectivity index (χ0) is 29.1. The maximum absolute atomic E-state index is 13.3. The summed E-state index contributed by atoms with van der Waals surface area (Å²) >= 11 is 0. The van der Waals surface area contributed by atoms with E-state index in [1.807, 2.05) is 38.1 Å². The normalized spacial score (nSPS) is 20.7.